The third kappa shape index (κ3) is 2.81. The van der Waals surface area contributed by atoms with Gasteiger partial charge in [0.2, 0.25) is 5.91 Å². The van der Waals surface area contributed by atoms with Crippen LogP contribution in [-0.4, -0.2) is 52.6 Å². The summed E-state index contributed by atoms with van der Waals surface area (Å²) in [6.45, 7) is 11.0. The Kier molecular flexibility index (Phi) is 3.80. The second kappa shape index (κ2) is 5.11. The summed E-state index contributed by atoms with van der Waals surface area (Å²) in [7, 11) is 0. The summed E-state index contributed by atoms with van der Waals surface area (Å²) in [5, 5.41) is 0. The fourth-order valence-corrected chi connectivity index (χ4v) is 2.59. The molecule has 1 heterocycles. The zero-order valence-corrected chi connectivity index (χ0v) is 12.6. The normalized spacial score (nSPS) is 21.1. The maximum absolute atomic E-state index is 12.5. The Hall–Kier alpha value is -1.52. The van der Waals surface area contributed by atoms with Crippen LogP contribution in [0.4, 0.5) is 4.79 Å². The van der Waals surface area contributed by atoms with Crippen molar-refractivity contribution in [2.45, 2.75) is 51.2 Å². The Morgan fingerprint density at radius 3 is 2.55 bits per heavy atom. The number of hydrogen-bond acceptors (Lipinski definition) is 3. The molecule has 5 heteroatoms. The van der Waals surface area contributed by atoms with Gasteiger partial charge in [0.25, 0.3) is 0 Å². The summed E-state index contributed by atoms with van der Waals surface area (Å²) < 4.78 is 5.42. The minimum Gasteiger partial charge on any atom is -0.444 e. The number of amides is 2. The molecule has 1 aliphatic heterocycles. The van der Waals surface area contributed by atoms with Gasteiger partial charge in [-0.2, -0.15) is 0 Å². The second-order valence-electron chi connectivity index (χ2n) is 6.53. The predicted molar refractivity (Wildman–Crippen MR) is 76.3 cm³/mol. The summed E-state index contributed by atoms with van der Waals surface area (Å²) in [5.41, 5.74) is -1.15. The standard InChI is InChI=1S/C15H24N2O3/c1-5-6-9-16-10-11-17(13(19)20-14(2,3)4)15(7-8-15)12(16)18/h5H,1,6-11H2,2-4H3. The Bertz CT molecular complexity index is 421. The first-order valence-electron chi connectivity index (χ1n) is 7.21. The third-order valence-corrected chi connectivity index (χ3v) is 3.74. The van der Waals surface area contributed by atoms with Crippen LogP contribution in [0.25, 0.3) is 0 Å². The first-order chi connectivity index (χ1) is 9.30. The van der Waals surface area contributed by atoms with Crippen LogP contribution in [-0.2, 0) is 9.53 Å². The van der Waals surface area contributed by atoms with Crippen LogP contribution in [0, 0.1) is 0 Å². The maximum Gasteiger partial charge on any atom is 0.411 e. The maximum atomic E-state index is 12.5. The van der Waals surface area contributed by atoms with E-state index in [9.17, 15) is 9.59 Å². The summed E-state index contributed by atoms with van der Waals surface area (Å²) in [5.74, 6) is 0.0662. The van der Waals surface area contributed by atoms with E-state index in [1.54, 1.807) is 4.90 Å². The van der Waals surface area contributed by atoms with Gasteiger partial charge >= 0.3 is 6.09 Å². The van der Waals surface area contributed by atoms with Gasteiger partial charge in [-0.1, -0.05) is 6.08 Å². The van der Waals surface area contributed by atoms with Crippen LogP contribution < -0.4 is 0 Å². The van der Waals surface area contributed by atoms with E-state index in [-0.39, 0.29) is 12.0 Å². The van der Waals surface area contributed by atoms with Gasteiger partial charge in [0.15, 0.2) is 0 Å². The van der Waals surface area contributed by atoms with Gasteiger partial charge in [-0.15, -0.1) is 6.58 Å². The summed E-state index contributed by atoms with van der Waals surface area (Å²) in [4.78, 5) is 28.3. The molecule has 1 saturated heterocycles. The first kappa shape index (κ1) is 14.9. The largest absolute Gasteiger partial charge is 0.444 e. The number of piperazine rings is 1. The van der Waals surface area contributed by atoms with E-state index < -0.39 is 11.1 Å². The molecular weight excluding hydrogens is 256 g/mol. The molecule has 2 amide bonds. The molecule has 2 fully saturated rings. The average molecular weight is 280 g/mol. The summed E-state index contributed by atoms with van der Waals surface area (Å²) >= 11 is 0. The van der Waals surface area contributed by atoms with Crippen LogP contribution in [0.1, 0.15) is 40.0 Å². The van der Waals surface area contributed by atoms with Crippen molar-refractivity contribution in [1.82, 2.24) is 9.80 Å². The number of carbonyl (C=O) groups excluding carboxylic acids is 2. The van der Waals surface area contributed by atoms with E-state index in [0.717, 1.165) is 19.3 Å². The predicted octanol–water partition coefficient (Wildman–Crippen LogP) is 2.17. The molecule has 1 spiro atoms. The quantitative estimate of drug-likeness (QED) is 0.744. The topological polar surface area (TPSA) is 49.9 Å². The van der Waals surface area contributed by atoms with Crippen LogP contribution in [0.15, 0.2) is 12.7 Å². The van der Waals surface area contributed by atoms with Gasteiger partial charge in [0.05, 0.1) is 0 Å². The molecule has 1 saturated carbocycles. The molecule has 0 radical (unpaired) electrons. The van der Waals surface area contributed by atoms with Gasteiger partial charge in [-0.3, -0.25) is 9.69 Å². The molecule has 0 aromatic carbocycles. The average Bonchev–Trinajstić information content (AvgIpc) is 3.10. The van der Waals surface area contributed by atoms with Crippen molar-refractivity contribution in [3.8, 4) is 0 Å². The Morgan fingerprint density at radius 2 is 2.05 bits per heavy atom. The van der Waals surface area contributed by atoms with E-state index in [4.69, 9.17) is 4.74 Å². The zero-order valence-electron chi connectivity index (χ0n) is 12.6. The van der Waals surface area contributed by atoms with Crippen LogP contribution >= 0.6 is 0 Å². The number of ether oxygens (including phenoxy) is 1. The van der Waals surface area contributed by atoms with Gasteiger partial charge in [-0.05, 0) is 40.0 Å². The number of hydrogen-bond donors (Lipinski definition) is 0. The molecule has 0 unspecified atom stereocenters. The zero-order chi connectivity index (χ0) is 15.0. The number of carbonyl (C=O) groups is 2. The highest BCUT2D eigenvalue weighted by molar-refractivity contribution is 5.94. The highest BCUT2D eigenvalue weighted by Gasteiger charge is 2.60. The minimum atomic E-state index is -0.623. The molecule has 0 aromatic rings. The van der Waals surface area contributed by atoms with Crippen LogP contribution in [0.2, 0.25) is 0 Å². The molecule has 0 N–H and O–H groups in total. The van der Waals surface area contributed by atoms with Crippen molar-refractivity contribution in [2.24, 2.45) is 0 Å². The van der Waals surface area contributed by atoms with Gasteiger partial charge in [-0.25, -0.2) is 4.79 Å². The van der Waals surface area contributed by atoms with Crippen molar-refractivity contribution in [3.05, 3.63) is 12.7 Å². The van der Waals surface area contributed by atoms with Crippen molar-refractivity contribution < 1.29 is 14.3 Å². The van der Waals surface area contributed by atoms with E-state index >= 15 is 0 Å². The van der Waals surface area contributed by atoms with Crippen molar-refractivity contribution in [1.29, 1.82) is 0 Å². The fourth-order valence-electron chi connectivity index (χ4n) is 2.59. The molecular formula is C15H24N2O3. The molecule has 1 aliphatic carbocycles. The monoisotopic (exact) mass is 280 g/mol. The molecule has 0 bridgehead atoms. The molecule has 0 aromatic heterocycles. The van der Waals surface area contributed by atoms with E-state index in [0.29, 0.717) is 19.6 Å². The summed E-state index contributed by atoms with van der Waals surface area (Å²) in [6.07, 6.45) is 3.72. The van der Waals surface area contributed by atoms with Crippen molar-refractivity contribution in [2.75, 3.05) is 19.6 Å². The van der Waals surface area contributed by atoms with Crippen LogP contribution in [0.5, 0.6) is 0 Å². The van der Waals surface area contributed by atoms with Crippen molar-refractivity contribution in [3.63, 3.8) is 0 Å². The van der Waals surface area contributed by atoms with Gasteiger partial charge in [0.1, 0.15) is 11.1 Å². The molecule has 0 atom stereocenters. The smallest absolute Gasteiger partial charge is 0.411 e. The van der Waals surface area contributed by atoms with Crippen molar-refractivity contribution >= 4 is 12.0 Å². The lowest BCUT2D eigenvalue weighted by Crippen LogP contribution is -2.61. The third-order valence-electron chi connectivity index (χ3n) is 3.74. The Balaban J connectivity index is 2.06. The fraction of sp³-hybridized carbons (Fsp3) is 0.733. The number of nitrogens with zero attached hydrogens (tertiary/aromatic N) is 2. The Morgan fingerprint density at radius 1 is 1.40 bits per heavy atom. The van der Waals surface area contributed by atoms with E-state index in [1.807, 2.05) is 31.7 Å². The lowest BCUT2D eigenvalue weighted by atomic mass is 10.1. The molecule has 112 valence electrons. The molecule has 2 aliphatic rings. The minimum absolute atomic E-state index is 0.0662. The SMILES string of the molecule is C=CCCN1CCN(C(=O)OC(C)(C)C)C2(CC2)C1=O. The second-order valence-corrected chi connectivity index (χ2v) is 6.53. The van der Waals surface area contributed by atoms with E-state index in [2.05, 4.69) is 6.58 Å². The lowest BCUT2D eigenvalue weighted by molar-refractivity contribution is -0.143. The van der Waals surface area contributed by atoms with Crippen LogP contribution in [0.3, 0.4) is 0 Å². The van der Waals surface area contributed by atoms with Gasteiger partial charge < -0.3 is 9.64 Å². The number of rotatable bonds is 3. The van der Waals surface area contributed by atoms with E-state index in [1.165, 1.54) is 0 Å². The molecule has 5 nitrogen and oxygen atoms in total. The Labute approximate surface area is 120 Å². The molecule has 2 rings (SSSR count). The highest BCUT2D eigenvalue weighted by atomic mass is 16.6. The highest BCUT2D eigenvalue weighted by Crippen LogP contribution is 2.45. The summed E-state index contributed by atoms with van der Waals surface area (Å²) in [6, 6.07) is 0. The molecule has 20 heavy (non-hydrogen) atoms. The van der Waals surface area contributed by atoms with Gasteiger partial charge in [0, 0.05) is 19.6 Å². The lowest BCUT2D eigenvalue weighted by Gasteiger charge is -2.41. The first-order valence-corrected chi connectivity index (χ1v) is 7.21.